The summed E-state index contributed by atoms with van der Waals surface area (Å²) < 4.78 is 22.5. The fraction of sp³-hybridized carbons (Fsp3) is 0.833. The predicted molar refractivity (Wildman–Crippen MR) is 212 cm³/mol. The number of rotatable bonds is 30. The van der Waals surface area contributed by atoms with Crippen molar-refractivity contribution in [3.8, 4) is 0 Å². The molecule has 14 nitrogen and oxygen atoms in total. The van der Waals surface area contributed by atoms with E-state index in [0.29, 0.717) is 6.42 Å². The van der Waals surface area contributed by atoms with E-state index in [1.54, 1.807) is 6.08 Å². The van der Waals surface area contributed by atoms with Crippen LogP contribution in [0.25, 0.3) is 0 Å². The molecule has 12 atom stereocenters. The highest BCUT2D eigenvalue weighted by molar-refractivity contribution is 5.76. The average molecular weight is 802 g/mol. The van der Waals surface area contributed by atoms with E-state index in [2.05, 4.69) is 43.5 Å². The van der Waals surface area contributed by atoms with E-state index in [1.165, 1.54) is 32.1 Å². The molecule has 0 radical (unpaired) electrons. The summed E-state index contributed by atoms with van der Waals surface area (Å²) in [6.45, 7) is 2.64. The van der Waals surface area contributed by atoms with Crippen LogP contribution >= 0.6 is 0 Å². The van der Waals surface area contributed by atoms with Crippen LogP contribution in [-0.2, 0) is 23.7 Å². The Bertz CT molecular complexity index is 1090. The van der Waals surface area contributed by atoms with Gasteiger partial charge in [0.1, 0.15) is 48.8 Å². The van der Waals surface area contributed by atoms with Crippen LogP contribution in [0.5, 0.6) is 0 Å². The zero-order valence-electron chi connectivity index (χ0n) is 33.9. The van der Waals surface area contributed by atoms with Gasteiger partial charge in [-0.2, -0.15) is 0 Å². The number of ether oxygens (including phenoxy) is 4. The quantitative estimate of drug-likeness (QED) is 0.0376. The van der Waals surface area contributed by atoms with Gasteiger partial charge in [-0.15, -0.1) is 0 Å². The molecule has 2 heterocycles. The average Bonchev–Trinajstić information content (AvgIpc) is 3.19. The van der Waals surface area contributed by atoms with Gasteiger partial charge in [0.15, 0.2) is 12.6 Å². The van der Waals surface area contributed by atoms with Crippen molar-refractivity contribution in [1.29, 1.82) is 0 Å². The van der Waals surface area contributed by atoms with Gasteiger partial charge < -0.3 is 65.1 Å². The van der Waals surface area contributed by atoms with Gasteiger partial charge in [0.05, 0.1) is 32.0 Å². The number of amides is 1. The lowest BCUT2D eigenvalue weighted by molar-refractivity contribution is -0.359. The standard InChI is InChI=1S/C42H75NO13/c1-3-5-7-9-11-13-14-15-16-17-18-20-22-24-26-34(47)43-30(31(46)25-23-21-19-12-10-8-6-4-2)29-53-41-39(52)37(50)40(33(28-45)55-41)56-42-38(51)36(49)35(48)32(27-44)54-42/h9,11,14-15,23,25,30-33,35-42,44-46,48-52H,3-8,10,12-13,16-22,24,26-29H2,1-2H3,(H,43,47)/b11-9-,15-14-,25-23+. The minimum atomic E-state index is -1.79. The van der Waals surface area contributed by atoms with Gasteiger partial charge in [0.2, 0.25) is 5.91 Å². The zero-order chi connectivity index (χ0) is 41.1. The zero-order valence-corrected chi connectivity index (χ0v) is 33.9. The molecule has 0 aromatic rings. The van der Waals surface area contributed by atoms with Gasteiger partial charge in [0, 0.05) is 6.42 Å². The van der Waals surface area contributed by atoms with E-state index in [9.17, 15) is 45.6 Å². The summed E-state index contributed by atoms with van der Waals surface area (Å²) in [5.74, 6) is -0.261. The molecule has 0 bridgehead atoms. The molecule has 326 valence electrons. The first-order valence-electron chi connectivity index (χ1n) is 21.2. The molecule has 9 N–H and O–H groups in total. The van der Waals surface area contributed by atoms with Crippen molar-refractivity contribution in [3.05, 3.63) is 36.5 Å². The fourth-order valence-electron chi connectivity index (χ4n) is 6.72. The van der Waals surface area contributed by atoms with E-state index >= 15 is 0 Å². The fourth-order valence-corrected chi connectivity index (χ4v) is 6.72. The number of carbonyl (C=O) groups is 1. The largest absolute Gasteiger partial charge is 0.394 e. The number of unbranched alkanes of at least 4 members (excludes halogenated alkanes) is 13. The van der Waals surface area contributed by atoms with Crippen molar-refractivity contribution < 1.29 is 64.6 Å². The minimum Gasteiger partial charge on any atom is -0.394 e. The molecular weight excluding hydrogens is 726 g/mol. The van der Waals surface area contributed by atoms with Gasteiger partial charge in [-0.3, -0.25) is 4.79 Å². The summed E-state index contributed by atoms with van der Waals surface area (Å²) in [6.07, 6.45) is 13.6. The second-order valence-corrected chi connectivity index (χ2v) is 15.1. The predicted octanol–water partition coefficient (Wildman–Crippen LogP) is 3.20. The number of aliphatic hydroxyl groups excluding tert-OH is 8. The Kier molecular flexibility index (Phi) is 27.2. The van der Waals surface area contributed by atoms with Crippen molar-refractivity contribution in [2.75, 3.05) is 19.8 Å². The van der Waals surface area contributed by atoms with E-state index in [0.717, 1.165) is 70.6 Å². The molecule has 14 heteroatoms. The molecule has 2 rings (SSSR count). The second-order valence-electron chi connectivity index (χ2n) is 15.1. The van der Waals surface area contributed by atoms with Gasteiger partial charge in [-0.1, -0.05) is 115 Å². The smallest absolute Gasteiger partial charge is 0.220 e. The highest BCUT2D eigenvalue weighted by atomic mass is 16.7. The lowest BCUT2D eigenvalue weighted by Gasteiger charge is -2.46. The maximum Gasteiger partial charge on any atom is 0.220 e. The van der Waals surface area contributed by atoms with Crippen molar-refractivity contribution in [2.45, 2.75) is 203 Å². The molecule has 2 fully saturated rings. The van der Waals surface area contributed by atoms with Crippen LogP contribution in [0, 0.1) is 0 Å². The normalized spacial score (nSPS) is 29.8. The lowest BCUT2D eigenvalue weighted by atomic mass is 9.97. The number of nitrogens with one attached hydrogen (secondary N) is 1. The maximum absolute atomic E-state index is 13.0. The number of aliphatic hydroxyl groups is 8. The molecule has 0 spiro atoms. The Morgan fingerprint density at radius 1 is 0.643 bits per heavy atom. The first-order chi connectivity index (χ1) is 27.1. The first kappa shape index (κ1) is 50.4. The van der Waals surface area contributed by atoms with Crippen molar-refractivity contribution in [2.24, 2.45) is 0 Å². The number of allylic oxidation sites excluding steroid dienone is 5. The Hall–Kier alpha value is -1.79. The summed E-state index contributed by atoms with van der Waals surface area (Å²) in [6, 6.07) is -0.916. The summed E-state index contributed by atoms with van der Waals surface area (Å²) in [7, 11) is 0. The third kappa shape index (κ3) is 18.9. The Labute approximate surface area is 334 Å². The Morgan fingerprint density at radius 2 is 1.20 bits per heavy atom. The first-order valence-corrected chi connectivity index (χ1v) is 21.2. The molecule has 0 aliphatic carbocycles. The molecule has 0 saturated carbocycles. The summed E-state index contributed by atoms with van der Waals surface area (Å²) in [5.41, 5.74) is 0. The molecule has 2 aliphatic heterocycles. The van der Waals surface area contributed by atoms with Crippen molar-refractivity contribution in [1.82, 2.24) is 5.32 Å². The van der Waals surface area contributed by atoms with Crippen LogP contribution in [0.4, 0.5) is 0 Å². The van der Waals surface area contributed by atoms with E-state index in [4.69, 9.17) is 18.9 Å². The summed E-state index contributed by atoms with van der Waals surface area (Å²) >= 11 is 0. The van der Waals surface area contributed by atoms with Gasteiger partial charge >= 0.3 is 0 Å². The third-order valence-electron chi connectivity index (χ3n) is 10.3. The highest BCUT2D eigenvalue weighted by Crippen LogP contribution is 2.29. The number of carbonyl (C=O) groups excluding carboxylic acids is 1. The van der Waals surface area contributed by atoms with Crippen LogP contribution in [0.3, 0.4) is 0 Å². The summed E-state index contributed by atoms with van der Waals surface area (Å²) in [4.78, 5) is 13.0. The second kappa shape index (κ2) is 30.3. The molecular formula is C42H75NO13. The minimum absolute atomic E-state index is 0.261. The third-order valence-corrected chi connectivity index (χ3v) is 10.3. The van der Waals surface area contributed by atoms with Crippen LogP contribution in [0.15, 0.2) is 36.5 Å². The Morgan fingerprint density at radius 3 is 1.84 bits per heavy atom. The van der Waals surface area contributed by atoms with Gasteiger partial charge in [0.25, 0.3) is 0 Å². The SMILES string of the molecule is CCCC/C=C\C/C=C\CCCCCCCC(=O)NC(COC1OC(CO)C(OC2OC(CO)C(O)C(O)C2O)C(O)C1O)C(O)/C=C/CCCCCCCC. The number of hydrogen-bond donors (Lipinski definition) is 9. The van der Waals surface area contributed by atoms with Crippen LogP contribution in [0.2, 0.25) is 0 Å². The molecule has 1 amide bonds. The lowest BCUT2D eigenvalue weighted by Crippen LogP contribution is -2.65. The van der Waals surface area contributed by atoms with Crippen LogP contribution in [0.1, 0.15) is 129 Å². The molecule has 2 aliphatic rings. The van der Waals surface area contributed by atoms with Gasteiger partial charge in [-0.25, -0.2) is 0 Å². The van der Waals surface area contributed by atoms with E-state index in [-0.39, 0.29) is 18.9 Å². The van der Waals surface area contributed by atoms with E-state index < -0.39 is 86.8 Å². The van der Waals surface area contributed by atoms with Crippen LogP contribution < -0.4 is 5.32 Å². The molecule has 2 saturated heterocycles. The summed E-state index contributed by atoms with van der Waals surface area (Å²) in [5, 5.41) is 86.1. The van der Waals surface area contributed by atoms with E-state index in [1.807, 2.05) is 6.08 Å². The molecule has 0 aromatic heterocycles. The van der Waals surface area contributed by atoms with Crippen molar-refractivity contribution in [3.63, 3.8) is 0 Å². The Balaban J connectivity index is 1.92. The van der Waals surface area contributed by atoms with Gasteiger partial charge in [-0.05, 0) is 44.9 Å². The molecule has 12 unspecified atom stereocenters. The molecule has 56 heavy (non-hydrogen) atoms. The maximum atomic E-state index is 13.0. The highest BCUT2D eigenvalue weighted by Gasteiger charge is 2.50. The van der Waals surface area contributed by atoms with Crippen molar-refractivity contribution >= 4 is 5.91 Å². The van der Waals surface area contributed by atoms with Crippen LogP contribution in [-0.4, -0.2) is 140 Å². The molecule has 0 aromatic carbocycles. The monoisotopic (exact) mass is 802 g/mol. The number of hydrogen-bond acceptors (Lipinski definition) is 13. The topological polar surface area (TPSA) is 228 Å².